The number of hydrogen-bond acceptors (Lipinski definition) is 4. The molecule has 4 unspecified atom stereocenters. The van der Waals surface area contributed by atoms with Crippen LogP contribution in [0.25, 0.3) is 10.9 Å². The Morgan fingerprint density at radius 2 is 2.10 bits per heavy atom. The summed E-state index contributed by atoms with van der Waals surface area (Å²) in [6, 6.07) is 7.45. The largest absolute Gasteiger partial charge is 0.353 e. The van der Waals surface area contributed by atoms with Crippen LogP contribution in [0.15, 0.2) is 35.4 Å². The first kappa shape index (κ1) is 19.6. The second-order valence-electron chi connectivity index (χ2n) is 8.30. The molecule has 7 heteroatoms. The predicted octanol–water partition coefficient (Wildman–Crippen LogP) is 1.99. The van der Waals surface area contributed by atoms with Gasteiger partial charge in [0.2, 0.25) is 11.8 Å². The zero-order valence-electron chi connectivity index (χ0n) is 16.8. The van der Waals surface area contributed by atoms with Crippen LogP contribution in [0.5, 0.6) is 0 Å². The Hall–Kier alpha value is -2.70. The summed E-state index contributed by atoms with van der Waals surface area (Å²) < 4.78 is 1.49. The van der Waals surface area contributed by atoms with Gasteiger partial charge in [-0.25, -0.2) is 4.98 Å². The Kier molecular flexibility index (Phi) is 5.65. The second-order valence-corrected chi connectivity index (χ2v) is 8.30. The van der Waals surface area contributed by atoms with Gasteiger partial charge in [-0.3, -0.25) is 19.0 Å². The first-order valence-corrected chi connectivity index (χ1v) is 10.6. The summed E-state index contributed by atoms with van der Waals surface area (Å²) in [7, 11) is 0. The average Bonchev–Trinajstić information content (AvgIpc) is 2.72. The number of nitrogens with one attached hydrogen (secondary N) is 2. The lowest BCUT2D eigenvalue weighted by Gasteiger charge is -2.44. The molecule has 0 bridgehead atoms. The van der Waals surface area contributed by atoms with Crippen molar-refractivity contribution in [3.8, 4) is 0 Å². The van der Waals surface area contributed by atoms with Crippen LogP contribution in [-0.4, -0.2) is 33.4 Å². The van der Waals surface area contributed by atoms with Crippen molar-refractivity contribution >= 4 is 22.7 Å². The molecule has 154 valence electrons. The third-order valence-corrected chi connectivity index (χ3v) is 6.50. The molecule has 4 atom stereocenters. The van der Waals surface area contributed by atoms with Gasteiger partial charge in [0.25, 0.3) is 5.56 Å². The van der Waals surface area contributed by atoms with Crippen molar-refractivity contribution in [3.05, 3.63) is 40.9 Å². The van der Waals surface area contributed by atoms with Gasteiger partial charge in [0, 0.05) is 31.5 Å². The molecule has 4 rings (SSSR count). The highest BCUT2D eigenvalue weighted by Gasteiger charge is 2.40. The van der Waals surface area contributed by atoms with Crippen molar-refractivity contribution in [3.63, 3.8) is 0 Å². The first-order chi connectivity index (χ1) is 14.0. The molecule has 1 aliphatic carbocycles. The van der Waals surface area contributed by atoms with Gasteiger partial charge in [-0.05, 0) is 43.2 Å². The second kappa shape index (κ2) is 8.35. The van der Waals surface area contributed by atoms with Crippen LogP contribution in [-0.2, 0) is 16.1 Å². The van der Waals surface area contributed by atoms with Crippen LogP contribution in [0.2, 0.25) is 0 Å². The van der Waals surface area contributed by atoms with Crippen LogP contribution < -0.4 is 16.2 Å². The number of carbonyl (C=O) groups is 2. The van der Waals surface area contributed by atoms with Crippen LogP contribution >= 0.6 is 0 Å². The summed E-state index contributed by atoms with van der Waals surface area (Å²) in [6.07, 6.45) is 6.15. The maximum atomic E-state index is 12.5. The van der Waals surface area contributed by atoms with Gasteiger partial charge in [-0.1, -0.05) is 25.5 Å². The number of aromatic nitrogens is 2. The first-order valence-electron chi connectivity index (χ1n) is 10.6. The molecule has 2 N–H and O–H groups in total. The molecule has 29 heavy (non-hydrogen) atoms. The van der Waals surface area contributed by atoms with E-state index in [0.717, 1.165) is 25.7 Å². The fourth-order valence-electron chi connectivity index (χ4n) is 4.94. The Morgan fingerprint density at radius 3 is 2.93 bits per heavy atom. The van der Waals surface area contributed by atoms with E-state index in [1.807, 2.05) is 12.1 Å². The Morgan fingerprint density at radius 1 is 1.28 bits per heavy atom. The van der Waals surface area contributed by atoms with Gasteiger partial charge in [0.15, 0.2) is 0 Å². The molecule has 0 radical (unpaired) electrons. The fourth-order valence-corrected chi connectivity index (χ4v) is 4.94. The van der Waals surface area contributed by atoms with Gasteiger partial charge in [-0.2, -0.15) is 0 Å². The summed E-state index contributed by atoms with van der Waals surface area (Å²) >= 11 is 0. The molecule has 1 saturated heterocycles. The molecule has 2 amide bonds. The lowest BCUT2D eigenvalue weighted by Crippen LogP contribution is -2.55. The van der Waals surface area contributed by atoms with Crippen molar-refractivity contribution < 1.29 is 9.59 Å². The summed E-state index contributed by atoms with van der Waals surface area (Å²) in [5, 5.41) is 6.79. The lowest BCUT2D eigenvalue weighted by molar-refractivity contribution is -0.127. The third-order valence-electron chi connectivity index (χ3n) is 6.50. The van der Waals surface area contributed by atoms with Crippen molar-refractivity contribution in [1.82, 2.24) is 20.2 Å². The topological polar surface area (TPSA) is 93.1 Å². The molecule has 7 nitrogen and oxygen atoms in total. The summed E-state index contributed by atoms with van der Waals surface area (Å²) in [5.41, 5.74) is 0.536. The number of aryl methyl sites for hydroxylation is 1. The standard InChI is InChI=1S/C22H28N4O3/c1-2-14-11-21(28)25-19-12-15(7-8-16(14)19)24-20(27)9-10-26-13-23-18-6-4-3-5-17(18)22(26)29/h3-6,13-16,19H,2,7-12H2,1H3,(H,24,27)(H,25,28). The van der Waals surface area contributed by atoms with E-state index in [1.54, 1.807) is 12.1 Å². The average molecular weight is 396 g/mol. The van der Waals surface area contributed by atoms with Gasteiger partial charge in [0.1, 0.15) is 0 Å². The van der Waals surface area contributed by atoms with Gasteiger partial charge in [-0.15, -0.1) is 0 Å². The third kappa shape index (κ3) is 4.18. The smallest absolute Gasteiger partial charge is 0.261 e. The van der Waals surface area contributed by atoms with Crippen LogP contribution in [0, 0.1) is 11.8 Å². The number of rotatable bonds is 5. The number of fused-ring (bicyclic) bond motifs is 2. The van der Waals surface area contributed by atoms with E-state index in [0.29, 0.717) is 35.7 Å². The van der Waals surface area contributed by atoms with Crippen molar-refractivity contribution in [2.75, 3.05) is 0 Å². The van der Waals surface area contributed by atoms with E-state index in [9.17, 15) is 14.4 Å². The van der Waals surface area contributed by atoms with E-state index in [1.165, 1.54) is 10.9 Å². The Labute approximate surface area is 169 Å². The molecule has 1 aliphatic heterocycles. The molecule has 1 aromatic heterocycles. The summed E-state index contributed by atoms with van der Waals surface area (Å²) in [6.45, 7) is 2.45. The van der Waals surface area contributed by atoms with Gasteiger partial charge >= 0.3 is 0 Å². The molecule has 1 aromatic carbocycles. The minimum Gasteiger partial charge on any atom is -0.353 e. The minimum absolute atomic E-state index is 0.0670. The zero-order chi connectivity index (χ0) is 20.4. The fraction of sp³-hybridized carbons (Fsp3) is 0.545. The van der Waals surface area contributed by atoms with Crippen LogP contribution in [0.4, 0.5) is 0 Å². The molecular formula is C22H28N4O3. The van der Waals surface area contributed by atoms with Gasteiger partial charge in [0.05, 0.1) is 17.2 Å². The van der Waals surface area contributed by atoms with E-state index >= 15 is 0 Å². The number of nitrogens with zero attached hydrogens (tertiary/aromatic N) is 2. The molecule has 2 heterocycles. The molecular weight excluding hydrogens is 368 g/mol. The van der Waals surface area contributed by atoms with Crippen molar-refractivity contribution in [2.24, 2.45) is 11.8 Å². The minimum atomic E-state index is -0.126. The SMILES string of the molecule is CCC1CC(=O)NC2CC(NC(=O)CCn3cnc4ccccc4c3=O)CCC12. The highest BCUT2D eigenvalue weighted by atomic mass is 16.2. The highest BCUT2D eigenvalue weighted by molar-refractivity contribution is 5.78. The maximum absolute atomic E-state index is 12.5. The number of para-hydroxylation sites is 1. The Balaban J connectivity index is 1.33. The number of hydrogen-bond donors (Lipinski definition) is 2. The Bertz CT molecular complexity index is 970. The van der Waals surface area contributed by atoms with Crippen LogP contribution in [0.3, 0.4) is 0 Å². The zero-order valence-corrected chi connectivity index (χ0v) is 16.8. The van der Waals surface area contributed by atoms with Crippen molar-refractivity contribution in [1.29, 1.82) is 0 Å². The van der Waals surface area contributed by atoms with Crippen LogP contribution in [0.1, 0.15) is 45.4 Å². The predicted molar refractivity (Wildman–Crippen MR) is 110 cm³/mol. The molecule has 2 aromatic rings. The molecule has 2 aliphatic rings. The maximum Gasteiger partial charge on any atom is 0.261 e. The molecule has 0 spiro atoms. The summed E-state index contributed by atoms with van der Waals surface area (Å²) in [4.78, 5) is 41.3. The van der Waals surface area contributed by atoms with E-state index in [4.69, 9.17) is 0 Å². The quantitative estimate of drug-likeness (QED) is 0.808. The highest BCUT2D eigenvalue weighted by Crippen LogP contribution is 2.36. The van der Waals surface area contributed by atoms with Crippen molar-refractivity contribution in [2.45, 2.75) is 64.1 Å². The number of amides is 2. The summed E-state index contributed by atoms with van der Waals surface area (Å²) in [5.74, 6) is 1.04. The van der Waals surface area contributed by atoms with Gasteiger partial charge < -0.3 is 10.6 Å². The van der Waals surface area contributed by atoms with E-state index < -0.39 is 0 Å². The lowest BCUT2D eigenvalue weighted by atomic mass is 9.70. The number of benzene rings is 1. The van der Waals surface area contributed by atoms with E-state index in [-0.39, 0.29) is 35.9 Å². The van der Waals surface area contributed by atoms with E-state index in [2.05, 4.69) is 22.5 Å². The number of piperidine rings is 1. The normalized spacial score (nSPS) is 26.6. The monoisotopic (exact) mass is 396 g/mol. The molecule has 1 saturated carbocycles. The molecule has 2 fully saturated rings. The number of carbonyl (C=O) groups excluding carboxylic acids is 2.